The van der Waals surface area contributed by atoms with E-state index in [9.17, 15) is 18.4 Å². The Morgan fingerprint density at radius 1 is 0.564 bits per heavy atom. The van der Waals surface area contributed by atoms with Crippen LogP contribution in [0.2, 0.25) is 0 Å². The van der Waals surface area contributed by atoms with Gasteiger partial charge in [-0.15, -0.1) is 0 Å². The largest absolute Gasteiger partial charge is 0.347 e. The predicted molar refractivity (Wildman–Crippen MR) is 160 cm³/mol. The molecular formula is C33H58F2N2O2. The van der Waals surface area contributed by atoms with Gasteiger partial charge in [-0.1, -0.05) is 117 Å². The van der Waals surface area contributed by atoms with E-state index in [1.54, 1.807) is 0 Å². The first-order valence-corrected chi connectivity index (χ1v) is 16.3. The summed E-state index contributed by atoms with van der Waals surface area (Å²) in [6.45, 7) is 4.44. The third kappa shape index (κ3) is 19.1. The third-order valence-electron chi connectivity index (χ3n) is 7.80. The Morgan fingerprint density at radius 3 is 1.21 bits per heavy atom. The van der Waals surface area contributed by atoms with Gasteiger partial charge in [-0.3, -0.25) is 9.59 Å². The summed E-state index contributed by atoms with van der Waals surface area (Å²) < 4.78 is 28.4. The number of hydrogen-bond donors (Lipinski definition) is 2. The Balaban J connectivity index is 2.13. The molecule has 226 valence electrons. The molecule has 0 aromatic rings. The maximum absolute atomic E-state index is 14.2. The van der Waals surface area contributed by atoms with Crippen LogP contribution in [0, 0.1) is 0 Å². The average molecular weight is 553 g/mol. The Hall–Kier alpha value is -1.72. The Labute approximate surface area is 238 Å². The van der Waals surface area contributed by atoms with E-state index in [2.05, 4.69) is 24.5 Å². The molecule has 1 aliphatic carbocycles. The van der Waals surface area contributed by atoms with Crippen LogP contribution < -0.4 is 10.6 Å². The number of hydrogen-bond acceptors (Lipinski definition) is 2. The first-order valence-electron chi connectivity index (χ1n) is 16.3. The minimum atomic E-state index is -0.729. The van der Waals surface area contributed by atoms with Crippen LogP contribution in [0.3, 0.4) is 0 Å². The Morgan fingerprint density at radius 2 is 0.872 bits per heavy atom. The smallest absolute Gasteiger partial charge is 0.279 e. The predicted octanol–water partition coefficient (Wildman–Crippen LogP) is 9.69. The number of unbranched alkanes of at least 4 members (excludes halogenated alkanes) is 18. The van der Waals surface area contributed by atoms with Crippen molar-refractivity contribution in [3.8, 4) is 0 Å². The standard InChI is InChI=1S/C33H58F2N2O2/c1-3-5-7-9-11-13-15-17-19-21-23-30(34)32(38)36-28-25-26-29(27-28)37-33(39)31(35)24-22-20-18-16-14-12-10-8-6-4-2/h23-24,28-29H,3-22,25-27H2,1-2H3,(H,36,38)(H,37,39)/t28-,29+. The summed E-state index contributed by atoms with van der Waals surface area (Å²) >= 11 is 0. The lowest BCUT2D eigenvalue weighted by Gasteiger charge is -2.14. The SMILES string of the molecule is CCCCCCCCCCCC=C(F)C(=O)N[C@@H]1CC[C@H](NC(=O)C(F)=CCCCCCCCCCCC)C1. The van der Waals surface area contributed by atoms with Crippen molar-refractivity contribution < 1.29 is 18.4 Å². The fraction of sp³-hybridized carbons (Fsp3) is 0.818. The summed E-state index contributed by atoms with van der Waals surface area (Å²) in [5.41, 5.74) is 0. The average Bonchev–Trinajstić information content (AvgIpc) is 3.36. The quantitative estimate of drug-likeness (QED) is 0.0925. The Bertz CT molecular complexity index is 650. The van der Waals surface area contributed by atoms with Crippen molar-refractivity contribution in [1.29, 1.82) is 0 Å². The minimum Gasteiger partial charge on any atom is -0.347 e. The number of allylic oxidation sites excluding steroid dienone is 2. The van der Waals surface area contributed by atoms with E-state index >= 15 is 0 Å². The Kier molecular flexibility index (Phi) is 21.8. The molecule has 0 aromatic carbocycles. The molecule has 2 amide bonds. The van der Waals surface area contributed by atoms with Crippen LogP contribution in [0.4, 0.5) is 8.78 Å². The number of halogens is 2. The van der Waals surface area contributed by atoms with Gasteiger partial charge < -0.3 is 10.6 Å². The van der Waals surface area contributed by atoms with Crippen LogP contribution in [-0.4, -0.2) is 23.9 Å². The van der Waals surface area contributed by atoms with Gasteiger partial charge in [-0.25, -0.2) is 8.78 Å². The molecule has 0 heterocycles. The lowest BCUT2D eigenvalue weighted by molar-refractivity contribution is -0.119. The second kappa shape index (κ2) is 24.1. The van der Waals surface area contributed by atoms with Crippen LogP contribution in [0.25, 0.3) is 0 Å². The van der Waals surface area contributed by atoms with Gasteiger partial charge >= 0.3 is 0 Å². The molecule has 1 fully saturated rings. The highest BCUT2D eigenvalue weighted by atomic mass is 19.1. The number of amides is 2. The molecule has 1 rings (SSSR count). The topological polar surface area (TPSA) is 58.2 Å². The molecular weight excluding hydrogens is 494 g/mol. The summed E-state index contributed by atoms with van der Waals surface area (Å²) in [4.78, 5) is 24.4. The zero-order valence-electron chi connectivity index (χ0n) is 25.1. The number of nitrogens with one attached hydrogen (secondary N) is 2. The van der Waals surface area contributed by atoms with Gasteiger partial charge in [0.25, 0.3) is 11.8 Å². The van der Waals surface area contributed by atoms with Crippen molar-refractivity contribution in [2.24, 2.45) is 0 Å². The molecule has 0 radical (unpaired) electrons. The van der Waals surface area contributed by atoms with Gasteiger partial charge in [0.05, 0.1) is 0 Å². The monoisotopic (exact) mass is 552 g/mol. The number of carbonyl (C=O) groups excluding carboxylic acids is 2. The second-order valence-corrected chi connectivity index (χ2v) is 11.5. The van der Waals surface area contributed by atoms with E-state index in [1.807, 2.05) is 0 Å². The van der Waals surface area contributed by atoms with Crippen LogP contribution >= 0.6 is 0 Å². The van der Waals surface area contributed by atoms with Crippen LogP contribution in [-0.2, 0) is 9.59 Å². The van der Waals surface area contributed by atoms with Crippen molar-refractivity contribution >= 4 is 11.8 Å². The van der Waals surface area contributed by atoms with Crippen molar-refractivity contribution in [1.82, 2.24) is 10.6 Å². The van der Waals surface area contributed by atoms with E-state index in [4.69, 9.17) is 0 Å². The van der Waals surface area contributed by atoms with E-state index in [-0.39, 0.29) is 12.1 Å². The molecule has 0 aliphatic heterocycles. The number of carbonyl (C=O) groups is 2. The highest BCUT2D eigenvalue weighted by Crippen LogP contribution is 2.21. The van der Waals surface area contributed by atoms with Gasteiger partial charge in [-0.2, -0.15) is 0 Å². The van der Waals surface area contributed by atoms with Gasteiger partial charge in [0, 0.05) is 12.1 Å². The highest BCUT2D eigenvalue weighted by Gasteiger charge is 2.28. The molecule has 0 unspecified atom stereocenters. The van der Waals surface area contributed by atoms with Crippen LogP contribution in [0.1, 0.15) is 162 Å². The molecule has 0 aromatic heterocycles. The summed E-state index contributed by atoms with van der Waals surface area (Å²) in [7, 11) is 0. The summed E-state index contributed by atoms with van der Waals surface area (Å²) in [6.07, 6.45) is 27.4. The molecule has 1 aliphatic rings. The van der Waals surface area contributed by atoms with E-state index in [1.165, 1.54) is 89.2 Å². The zero-order valence-corrected chi connectivity index (χ0v) is 25.1. The zero-order chi connectivity index (χ0) is 28.6. The molecule has 0 bridgehead atoms. The van der Waals surface area contributed by atoms with Crippen LogP contribution in [0.15, 0.2) is 23.8 Å². The summed E-state index contributed by atoms with van der Waals surface area (Å²) in [6, 6.07) is -0.410. The highest BCUT2D eigenvalue weighted by molar-refractivity contribution is 5.92. The van der Waals surface area contributed by atoms with Crippen molar-refractivity contribution in [3.05, 3.63) is 23.8 Å². The molecule has 0 saturated heterocycles. The molecule has 6 heteroatoms. The second-order valence-electron chi connectivity index (χ2n) is 11.5. The van der Waals surface area contributed by atoms with Gasteiger partial charge in [0.1, 0.15) is 0 Å². The van der Waals surface area contributed by atoms with Crippen molar-refractivity contribution in [2.45, 2.75) is 174 Å². The van der Waals surface area contributed by atoms with Gasteiger partial charge in [0.2, 0.25) is 0 Å². The molecule has 1 saturated carbocycles. The molecule has 39 heavy (non-hydrogen) atoms. The summed E-state index contributed by atoms with van der Waals surface area (Å²) in [5.74, 6) is -2.83. The molecule has 2 N–H and O–H groups in total. The fourth-order valence-corrected chi connectivity index (χ4v) is 5.31. The molecule has 0 spiro atoms. The first kappa shape index (κ1) is 35.3. The lowest BCUT2D eigenvalue weighted by atomic mass is 10.1. The van der Waals surface area contributed by atoms with E-state index < -0.39 is 23.5 Å². The van der Waals surface area contributed by atoms with Gasteiger partial charge in [0.15, 0.2) is 11.7 Å². The molecule has 2 atom stereocenters. The van der Waals surface area contributed by atoms with E-state index in [0.717, 1.165) is 38.5 Å². The fourth-order valence-electron chi connectivity index (χ4n) is 5.31. The minimum absolute atomic E-state index is 0.205. The summed E-state index contributed by atoms with van der Waals surface area (Å²) in [5, 5.41) is 5.45. The normalized spacial score (nSPS) is 17.9. The molecule has 4 nitrogen and oxygen atoms in total. The first-order chi connectivity index (χ1) is 19.0. The van der Waals surface area contributed by atoms with Crippen molar-refractivity contribution in [3.63, 3.8) is 0 Å². The lowest BCUT2D eigenvalue weighted by Crippen LogP contribution is -2.37. The maximum atomic E-state index is 14.2. The van der Waals surface area contributed by atoms with Crippen molar-refractivity contribution in [2.75, 3.05) is 0 Å². The van der Waals surface area contributed by atoms with Gasteiger partial charge in [-0.05, 0) is 57.1 Å². The van der Waals surface area contributed by atoms with Crippen LogP contribution in [0.5, 0.6) is 0 Å². The number of rotatable bonds is 24. The maximum Gasteiger partial charge on any atom is 0.279 e. The third-order valence-corrected chi connectivity index (χ3v) is 7.80. The van der Waals surface area contributed by atoms with E-state index in [0.29, 0.717) is 32.1 Å².